The maximum atomic E-state index is 5.62. The molecule has 2 aliphatic heterocycles. The van der Waals surface area contributed by atoms with Gasteiger partial charge in [-0.3, -0.25) is 9.89 Å². The van der Waals surface area contributed by atoms with E-state index in [1.54, 1.807) is 14.2 Å². The van der Waals surface area contributed by atoms with Crippen LogP contribution >= 0.6 is 0 Å². The van der Waals surface area contributed by atoms with Gasteiger partial charge in [0.1, 0.15) is 0 Å². The van der Waals surface area contributed by atoms with Gasteiger partial charge in [-0.2, -0.15) is 0 Å². The first-order valence-electron chi connectivity index (χ1n) is 12.3. The maximum Gasteiger partial charge on any atom is 0.194 e. The van der Waals surface area contributed by atoms with Gasteiger partial charge in [-0.1, -0.05) is 18.9 Å². The summed E-state index contributed by atoms with van der Waals surface area (Å²) in [5.41, 5.74) is 1.21. The Hall–Kier alpha value is -1.99. The number of morpholine rings is 1. The van der Waals surface area contributed by atoms with Crippen LogP contribution < -0.4 is 14.8 Å². The molecule has 1 N–H and O–H groups in total. The second-order valence-electron chi connectivity index (χ2n) is 9.18. The van der Waals surface area contributed by atoms with Crippen LogP contribution in [-0.2, 0) is 4.74 Å². The zero-order valence-electron chi connectivity index (χ0n) is 20.0. The van der Waals surface area contributed by atoms with Gasteiger partial charge >= 0.3 is 0 Å². The number of rotatable bonds is 7. The number of benzene rings is 1. The molecule has 0 spiro atoms. The van der Waals surface area contributed by atoms with Crippen molar-refractivity contribution in [1.29, 1.82) is 0 Å². The number of hydrogen-bond donors (Lipinski definition) is 1. The van der Waals surface area contributed by atoms with Crippen molar-refractivity contribution < 1.29 is 14.2 Å². The van der Waals surface area contributed by atoms with Crippen molar-refractivity contribution in [3.8, 4) is 11.5 Å². The number of nitrogens with one attached hydrogen (secondary N) is 1. The summed E-state index contributed by atoms with van der Waals surface area (Å²) in [5, 5.41) is 3.57. The summed E-state index contributed by atoms with van der Waals surface area (Å²) >= 11 is 0. The third-order valence-corrected chi connectivity index (χ3v) is 7.30. The number of ether oxygens (including phenoxy) is 3. The number of hydrogen-bond acceptors (Lipinski definition) is 5. The summed E-state index contributed by atoms with van der Waals surface area (Å²) in [6.07, 6.45) is 5.54. The van der Waals surface area contributed by atoms with Gasteiger partial charge in [0.05, 0.1) is 40.0 Å². The highest BCUT2D eigenvalue weighted by atomic mass is 16.5. The fraction of sp³-hybridized carbons (Fsp3) is 0.720. The monoisotopic (exact) mass is 444 g/mol. The van der Waals surface area contributed by atoms with Gasteiger partial charge in [0.15, 0.2) is 17.5 Å². The van der Waals surface area contributed by atoms with Gasteiger partial charge in [-0.25, -0.2) is 0 Å². The van der Waals surface area contributed by atoms with Crippen LogP contribution in [0.4, 0.5) is 0 Å². The summed E-state index contributed by atoms with van der Waals surface area (Å²) in [7, 11) is 3.37. The average molecular weight is 445 g/mol. The van der Waals surface area contributed by atoms with Crippen LogP contribution in [0, 0.1) is 11.8 Å². The first-order valence-corrected chi connectivity index (χ1v) is 12.3. The maximum absolute atomic E-state index is 5.62. The van der Waals surface area contributed by atoms with Gasteiger partial charge in [0.2, 0.25) is 0 Å². The number of aliphatic imine (C=N–C) groups is 1. The van der Waals surface area contributed by atoms with Crippen molar-refractivity contribution in [3.63, 3.8) is 0 Å². The van der Waals surface area contributed by atoms with Crippen LogP contribution in [0.15, 0.2) is 23.2 Å². The molecule has 0 aromatic heterocycles. The Labute approximate surface area is 193 Å². The Kier molecular flexibility index (Phi) is 8.14. The van der Waals surface area contributed by atoms with Crippen LogP contribution in [0.2, 0.25) is 0 Å². The third kappa shape index (κ3) is 5.31. The predicted molar refractivity (Wildman–Crippen MR) is 128 cm³/mol. The lowest BCUT2D eigenvalue weighted by atomic mass is 9.82. The molecule has 1 aromatic carbocycles. The predicted octanol–water partition coefficient (Wildman–Crippen LogP) is 3.16. The lowest BCUT2D eigenvalue weighted by molar-refractivity contribution is 0.0179. The standard InChI is InChI=1S/C25H40N4O3/c1-4-26-25(29-17-20-7-5-6-8-21(20)18-29)27-16-22(28-11-13-32-14-12-28)19-9-10-23(30-2)24(15-19)31-3/h9-10,15,20-22H,4-8,11-14,16-18H2,1-3H3,(H,26,27). The van der Waals surface area contributed by atoms with Crippen molar-refractivity contribution in [2.24, 2.45) is 16.8 Å². The van der Waals surface area contributed by atoms with E-state index < -0.39 is 0 Å². The molecule has 0 bridgehead atoms. The average Bonchev–Trinajstić information content (AvgIpc) is 3.28. The molecule has 178 valence electrons. The number of fused-ring (bicyclic) bond motifs is 1. The summed E-state index contributed by atoms with van der Waals surface area (Å²) < 4.78 is 16.7. The van der Waals surface area contributed by atoms with E-state index in [0.717, 1.165) is 75.2 Å². The van der Waals surface area contributed by atoms with Crippen LogP contribution in [0.3, 0.4) is 0 Å². The van der Waals surface area contributed by atoms with E-state index in [1.807, 2.05) is 6.07 Å². The molecule has 1 aromatic rings. The van der Waals surface area contributed by atoms with Crippen molar-refractivity contribution in [1.82, 2.24) is 15.1 Å². The van der Waals surface area contributed by atoms with E-state index in [1.165, 1.54) is 31.2 Å². The Morgan fingerprint density at radius 2 is 1.78 bits per heavy atom. The minimum absolute atomic E-state index is 0.178. The van der Waals surface area contributed by atoms with Gasteiger partial charge in [-0.15, -0.1) is 0 Å². The molecule has 3 unspecified atom stereocenters. The summed E-state index contributed by atoms with van der Waals surface area (Å²) in [5.74, 6) is 4.28. The van der Waals surface area contributed by atoms with Crippen molar-refractivity contribution in [2.45, 2.75) is 38.6 Å². The molecule has 7 nitrogen and oxygen atoms in total. The number of guanidine groups is 1. The van der Waals surface area contributed by atoms with Crippen LogP contribution in [0.5, 0.6) is 11.5 Å². The van der Waals surface area contributed by atoms with Crippen LogP contribution in [0.1, 0.15) is 44.2 Å². The van der Waals surface area contributed by atoms with Crippen LogP contribution in [-0.4, -0.2) is 82.5 Å². The van der Waals surface area contributed by atoms with Crippen molar-refractivity contribution in [3.05, 3.63) is 23.8 Å². The van der Waals surface area contributed by atoms with Gasteiger partial charge in [-0.05, 0) is 49.3 Å². The van der Waals surface area contributed by atoms with Crippen LogP contribution in [0.25, 0.3) is 0 Å². The van der Waals surface area contributed by atoms with E-state index in [-0.39, 0.29) is 6.04 Å². The van der Waals surface area contributed by atoms with E-state index in [4.69, 9.17) is 19.2 Å². The highest BCUT2D eigenvalue weighted by Gasteiger charge is 2.35. The fourth-order valence-corrected chi connectivity index (χ4v) is 5.56. The molecule has 0 amide bonds. The summed E-state index contributed by atoms with van der Waals surface area (Å²) in [4.78, 5) is 10.2. The van der Waals surface area contributed by atoms with Gasteiger partial charge in [0.25, 0.3) is 0 Å². The Bertz CT molecular complexity index is 752. The minimum atomic E-state index is 0.178. The Morgan fingerprint density at radius 3 is 2.41 bits per heavy atom. The lowest BCUT2D eigenvalue weighted by Crippen LogP contribution is -2.43. The molecular formula is C25H40N4O3. The summed E-state index contributed by atoms with van der Waals surface area (Å²) in [6, 6.07) is 6.43. The molecule has 1 aliphatic carbocycles. The molecule has 2 saturated heterocycles. The summed E-state index contributed by atoms with van der Waals surface area (Å²) in [6.45, 7) is 9.42. The highest BCUT2D eigenvalue weighted by molar-refractivity contribution is 5.80. The molecule has 7 heteroatoms. The first kappa shape index (κ1) is 23.2. The second kappa shape index (κ2) is 11.2. The fourth-order valence-electron chi connectivity index (χ4n) is 5.56. The van der Waals surface area contributed by atoms with Crippen molar-refractivity contribution >= 4 is 5.96 Å². The molecule has 4 rings (SSSR count). The Morgan fingerprint density at radius 1 is 1.09 bits per heavy atom. The molecule has 32 heavy (non-hydrogen) atoms. The third-order valence-electron chi connectivity index (χ3n) is 7.30. The number of methoxy groups -OCH3 is 2. The zero-order chi connectivity index (χ0) is 22.3. The van der Waals surface area contributed by atoms with E-state index in [2.05, 4.69) is 34.2 Å². The lowest BCUT2D eigenvalue weighted by Gasteiger charge is -2.34. The Balaban J connectivity index is 1.55. The minimum Gasteiger partial charge on any atom is -0.493 e. The van der Waals surface area contributed by atoms with Crippen molar-refractivity contribution in [2.75, 3.05) is 66.7 Å². The SMILES string of the molecule is CCNC(=NCC(c1ccc(OC)c(OC)c1)N1CCOCC1)N1CC2CCCCC2C1. The number of likely N-dealkylation sites (tertiary alicyclic amines) is 1. The van der Waals surface area contributed by atoms with E-state index in [9.17, 15) is 0 Å². The largest absolute Gasteiger partial charge is 0.493 e. The second-order valence-corrected chi connectivity index (χ2v) is 9.18. The molecule has 3 aliphatic rings. The van der Waals surface area contributed by atoms with E-state index in [0.29, 0.717) is 6.54 Å². The molecule has 0 radical (unpaired) electrons. The molecule has 2 heterocycles. The molecule has 3 atom stereocenters. The van der Waals surface area contributed by atoms with Gasteiger partial charge < -0.3 is 24.4 Å². The molecule has 3 fully saturated rings. The molecular weight excluding hydrogens is 404 g/mol. The normalized spacial score (nSPS) is 25.3. The van der Waals surface area contributed by atoms with Gasteiger partial charge in [0, 0.05) is 32.7 Å². The highest BCUT2D eigenvalue weighted by Crippen LogP contribution is 2.36. The smallest absolute Gasteiger partial charge is 0.194 e. The quantitative estimate of drug-likeness (QED) is 0.515. The number of nitrogens with zero attached hydrogens (tertiary/aromatic N) is 3. The topological polar surface area (TPSA) is 58.6 Å². The van der Waals surface area contributed by atoms with E-state index >= 15 is 0 Å². The zero-order valence-corrected chi connectivity index (χ0v) is 20.0. The molecule has 1 saturated carbocycles. The first-order chi connectivity index (χ1) is 15.7.